The van der Waals surface area contributed by atoms with Gasteiger partial charge in [-0.05, 0) is 36.1 Å². The predicted octanol–water partition coefficient (Wildman–Crippen LogP) is 4.54. The number of carbonyl (C=O) groups excluding carboxylic acids is 1. The van der Waals surface area contributed by atoms with Gasteiger partial charge in [-0.2, -0.15) is 0 Å². The maximum absolute atomic E-state index is 12.6. The Hall–Kier alpha value is -0.930. The summed E-state index contributed by atoms with van der Waals surface area (Å²) in [6.45, 7) is 0. The third-order valence-electron chi connectivity index (χ3n) is 3.31. The zero-order valence-corrected chi connectivity index (χ0v) is 12.7. The van der Waals surface area contributed by atoms with E-state index in [1.54, 1.807) is 0 Å². The van der Waals surface area contributed by atoms with Crippen LogP contribution < -0.4 is 0 Å². The van der Waals surface area contributed by atoms with Crippen LogP contribution in [0, 0.1) is 0 Å². The van der Waals surface area contributed by atoms with Gasteiger partial charge in [-0.15, -0.1) is 0 Å². The summed E-state index contributed by atoms with van der Waals surface area (Å²) >= 11 is 7.01. The summed E-state index contributed by atoms with van der Waals surface area (Å²) in [6, 6.07) is 11.8. The number of fused-ring (bicyclic) bond motifs is 2. The molecular weight excluding hydrogens is 356 g/mol. The van der Waals surface area contributed by atoms with Gasteiger partial charge >= 0.3 is 0 Å². The van der Waals surface area contributed by atoms with Crippen LogP contribution in [0.15, 0.2) is 45.3 Å². The lowest BCUT2D eigenvalue weighted by Gasteiger charge is -2.08. The third kappa shape index (κ3) is 1.95. The predicted molar refractivity (Wildman–Crippen MR) is 79.1 cm³/mol. The molecule has 90 valence electrons. The van der Waals surface area contributed by atoms with Gasteiger partial charge in [0.15, 0.2) is 5.78 Å². The second kappa shape index (κ2) is 4.63. The third-order valence-corrected chi connectivity index (χ3v) is 4.48. The van der Waals surface area contributed by atoms with Crippen molar-refractivity contribution in [1.82, 2.24) is 0 Å². The van der Waals surface area contributed by atoms with E-state index in [0.29, 0.717) is 0 Å². The molecule has 18 heavy (non-hydrogen) atoms. The molecule has 1 aliphatic rings. The van der Waals surface area contributed by atoms with Crippen LogP contribution in [0.1, 0.15) is 27.0 Å². The lowest BCUT2D eigenvalue weighted by atomic mass is 9.99. The van der Waals surface area contributed by atoms with Crippen molar-refractivity contribution < 1.29 is 4.79 Å². The molecule has 0 radical (unpaired) electrons. The quantitative estimate of drug-likeness (QED) is 0.669. The van der Waals surface area contributed by atoms with E-state index in [1.165, 1.54) is 0 Å². The number of aryl methyl sites for hydroxylation is 1. The van der Waals surface area contributed by atoms with E-state index < -0.39 is 0 Å². The molecule has 1 nitrogen and oxygen atoms in total. The van der Waals surface area contributed by atoms with Crippen LogP contribution in [0.3, 0.4) is 0 Å². The van der Waals surface area contributed by atoms with E-state index in [9.17, 15) is 4.79 Å². The van der Waals surface area contributed by atoms with Gasteiger partial charge in [0.25, 0.3) is 0 Å². The van der Waals surface area contributed by atoms with Crippen molar-refractivity contribution in [3.8, 4) is 0 Å². The highest BCUT2D eigenvalue weighted by Crippen LogP contribution is 2.32. The summed E-state index contributed by atoms with van der Waals surface area (Å²) < 4.78 is 1.94. The molecular formula is C15H10Br2O. The van der Waals surface area contributed by atoms with Crippen molar-refractivity contribution >= 4 is 37.6 Å². The summed E-state index contributed by atoms with van der Waals surface area (Å²) in [4.78, 5) is 12.6. The first kappa shape index (κ1) is 12.1. The number of hydrogen-bond acceptors (Lipinski definition) is 1. The number of carbonyl (C=O) groups is 1. The Morgan fingerprint density at radius 1 is 0.944 bits per heavy atom. The van der Waals surface area contributed by atoms with Crippen LogP contribution in [-0.2, 0) is 12.8 Å². The van der Waals surface area contributed by atoms with Gasteiger partial charge in [-0.25, -0.2) is 0 Å². The van der Waals surface area contributed by atoms with Gasteiger partial charge in [-0.1, -0.05) is 56.1 Å². The lowest BCUT2D eigenvalue weighted by Crippen LogP contribution is -2.04. The van der Waals surface area contributed by atoms with Crippen LogP contribution in [0.5, 0.6) is 0 Å². The monoisotopic (exact) mass is 364 g/mol. The second-order valence-electron chi connectivity index (χ2n) is 4.40. The van der Waals surface area contributed by atoms with Crippen LogP contribution in [0.4, 0.5) is 0 Å². The van der Waals surface area contributed by atoms with Crippen molar-refractivity contribution in [1.29, 1.82) is 0 Å². The van der Waals surface area contributed by atoms with Gasteiger partial charge < -0.3 is 0 Å². The highest BCUT2D eigenvalue weighted by atomic mass is 79.9. The Balaban J connectivity index is 2.25. The standard InChI is InChI=1S/C15H10Br2O/c16-10-7-13-12(14(17)8-10)6-5-9-3-1-2-4-11(9)15(13)18/h1-4,7-8H,5-6H2. The van der Waals surface area contributed by atoms with E-state index in [2.05, 4.69) is 31.9 Å². The Morgan fingerprint density at radius 2 is 1.72 bits per heavy atom. The first-order valence-corrected chi connectivity index (χ1v) is 7.36. The van der Waals surface area contributed by atoms with E-state index in [4.69, 9.17) is 0 Å². The molecule has 2 aromatic carbocycles. The Morgan fingerprint density at radius 3 is 2.56 bits per heavy atom. The smallest absolute Gasteiger partial charge is 0.193 e. The molecule has 0 aromatic heterocycles. The normalized spacial score (nSPS) is 13.8. The average molecular weight is 366 g/mol. The minimum Gasteiger partial charge on any atom is -0.289 e. The zero-order chi connectivity index (χ0) is 12.7. The summed E-state index contributed by atoms with van der Waals surface area (Å²) in [5, 5.41) is 0. The van der Waals surface area contributed by atoms with E-state index >= 15 is 0 Å². The maximum atomic E-state index is 12.6. The molecule has 0 heterocycles. The molecule has 3 heteroatoms. The van der Waals surface area contributed by atoms with Gasteiger partial charge in [0, 0.05) is 20.1 Å². The lowest BCUT2D eigenvalue weighted by molar-refractivity contribution is 0.103. The highest BCUT2D eigenvalue weighted by molar-refractivity contribution is 9.11. The number of halogens is 2. The minimum absolute atomic E-state index is 0.125. The topological polar surface area (TPSA) is 17.1 Å². The summed E-state index contributed by atoms with van der Waals surface area (Å²) in [7, 11) is 0. The molecule has 0 fully saturated rings. The zero-order valence-electron chi connectivity index (χ0n) is 9.54. The Kier molecular flexibility index (Phi) is 3.12. The minimum atomic E-state index is 0.125. The van der Waals surface area contributed by atoms with E-state index in [1.807, 2.05) is 36.4 Å². The molecule has 0 N–H and O–H groups in total. The average Bonchev–Trinajstić information content (AvgIpc) is 2.49. The Bertz CT molecular complexity index is 647. The van der Waals surface area contributed by atoms with Crippen LogP contribution in [0.25, 0.3) is 0 Å². The van der Waals surface area contributed by atoms with Crippen molar-refractivity contribution in [2.75, 3.05) is 0 Å². The SMILES string of the molecule is O=C1c2ccccc2CCc2c(Br)cc(Br)cc21. The molecule has 0 saturated heterocycles. The van der Waals surface area contributed by atoms with E-state index in [-0.39, 0.29) is 5.78 Å². The summed E-state index contributed by atoms with van der Waals surface area (Å²) in [5.41, 5.74) is 3.89. The van der Waals surface area contributed by atoms with Crippen LogP contribution in [0.2, 0.25) is 0 Å². The molecule has 0 spiro atoms. The summed E-state index contributed by atoms with van der Waals surface area (Å²) in [6.07, 6.45) is 1.81. The fourth-order valence-electron chi connectivity index (χ4n) is 2.42. The fraction of sp³-hybridized carbons (Fsp3) is 0.133. The number of ketones is 1. The van der Waals surface area contributed by atoms with Crippen molar-refractivity contribution in [2.24, 2.45) is 0 Å². The first-order valence-electron chi connectivity index (χ1n) is 5.77. The molecule has 0 saturated carbocycles. The molecule has 0 bridgehead atoms. The van der Waals surface area contributed by atoms with Crippen molar-refractivity contribution in [2.45, 2.75) is 12.8 Å². The van der Waals surface area contributed by atoms with Gasteiger partial charge in [0.2, 0.25) is 0 Å². The summed E-state index contributed by atoms with van der Waals surface area (Å²) in [5.74, 6) is 0.125. The molecule has 0 unspecified atom stereocenters. The van der Waals surface area contributed by atoms with Gasteiger partial charge in [0.05, 0.1) is 0 Å². The Labute approximate surface area is 122 Å². The number of rotatable bonds is 0. The molecule has 0 aliphatic heterocycles. The maximum Gasteiger partial charge on any atom is 0.193 e. The first-order chi connectivity index (χ1) is 8.66. The van der Waals surface area contributed by atoms with Crippen LogP contribution >= 0.6 is 31.9 Å². The largest absolute Gasteiger partial charge is 0.289 e. The molecule has 0 atom stereocenters. The van der Waals surface area contributed by atoms with Crippen molar-refractivity contribution in [3.05, 3.63) is 67.6 Å². The molecule has 2 aromatic rings. The van der Waals surface area contributed by atoms with Crippen LogP contribution in [-0.4, -0.2) is 5.78 Å². The fourth-order valence-corrected chi connectivity index (χ4v) is 3.85. The van der Waals surface area contributed by atoms with Crippen molar-refractivity contribution in [3.63, 3.8) is 0 Å². The number of benzene rings is 2. The molecule has 1 aliphatic carbocycles. The highest BCUT2D eigenvalue weighted by Gasteiger charge is 2.22. The molecule has 0 amide bonds. The molecule has 3 rings (SSSR count). The van der Waals surface area contributed by atoms with Gasteiger partial charge in [-0.3, -0.25) is 4.79 Å². The van der Waals surface area contributed by atoms with Gasteiger partial charge in [0.1, 0.15) is 0 Å². The van der Waals surface area contributed by atoms with E-state index in [0.717, 1.165) is 44.0 Å². The number of hydrogen-bond donors (Lipinski definition) is 0. The second-order valence-corrected chi connectivity index (χ2v) is 6.17.